The fourth-order valence-corrected chi connectivity index (χ4v) is 3.92. The predicted molar refractivity (Wildman–Crippen MR) is 117 cm³/mol. The minimum Gasteiger partial charge on any atom is -0.493 e. The van der Waals surface area contributed by atoms with Crippen LogP contribution in [0, 0.1) is 0 Å². The van der Waals surface area contributed by atoms with E-state index in [-0.39, 0.29) is 22.8 Å². The van der Waals surface area contributed by atoms with Crippen LogP contribution in [0.5, 0.6) is 11.5 Å². The van der Waals surface area contributed by atoms with Gasteiger partial charge in [0.1, 0.15) is 11.7 Å². The van der Waals surface area contributed by atoms with Gasteiger partial charge in [0.05, 0.1) is 26.9 Å². The second-order valence-corrected chi connectivity index (χ2v) is 7.62. The predicted octanol–water partition coefficient (Wildman–Crippen LogP) is 2.78. The van der Waals surface area contributed by atoms with Crippen molar-refractivity contribution in [3.05, 3.63) is 69.3 Å². The quantitative estimate of drug-likeness (QED) is 0.403. The maximum absolute atomic E-state index is 13.8. The molecule has 4 rings (SSSR count). The molecular weight excluding hydrogens is 482 g/mol. The number of nitrogens with one attached hydrogen (secondary N) is 1. The first kappa shape index (κ1) is 21.5. The largest absolute Gasteiger partial charge is 0.493 e. The number of allylic oxidation sites excluding steroid dienone is 1. The molecule has 0 radical (unpaired) electrons. The van der Waals surface area contributed by atoms with Crippen molar-refractivity contribution in [2.24, 2.45) is 0 Å². The number of anilines is 1. The van der Waals surface area contributed by atoms with E-state index in [1.165, 1.54) is 26.0 Å². The van der Waals surface area contributed by atoms with Gasteiger partial charge < -0.3 is 19.5 Å². The Morgan fingerprint density at radius 3 is 2.53 bits per heavy atom. The molecule has 0 saturated heterocycles. The molecule has 0 saturated carbocycles. The van der Waals surface area contributed by atoms with Gasteiger partial charge in [0, 0.05) is 10.0 Å². The summed E-state index contributed by atoms with van der Waals surface area (Å²) in [5, 5.41) is 14.5. The zero-order valence-corrected chi connectivity index (χ0v) is 18.9. The van der Waals surface area contributed by atoms with E-state index in [0.29, 0.717) is 17.1 Å². The van der Waals surface area contributed by atoms with Crippen LogP contribution in [0.2, 0.25) is 0 Å². The van der Waals surface area contributed by atoms with Crippen LogP contribution < -0.4 is 14.8 Å². The summed E-state index contributed by atoms with van der Waals surface area (Å²) in [7, 11) is 4.22. The number of Topliss-reactive ketones (excluding diaryl/α,β-unsaturated/α-hetero) is 1. The molecule has 11 heteroatoms. The number of halogens is 1. The van der Waals surface area contributed by atoms with Crippen LogP contribution in [-0.2, 0) is 9.53 Å². The van der Waals surface area contributed by atoms with Crippen molar-refractivity contribution in [1.82, 2.24) is 20.2 Å². The minimum atomic E-state index is -0.784. The van der Waals surface area contributed by atoms with Crippen LogP contribution in [0.3, 0.4) is 0 Å². The van der Waals surface area contributed by atoms with Gasteiger partial charge in [-0.1, -0.05) is 33.2 Å². The topological polar surface area (TPSA) is 117 Å². The summed E-state index contributed by atoms with van der Waals surface area (Å²) in [6.45, 7) is 0. The summed E-state index contributed by atoms with van der Waals surface area (Å²) >= 11 is 3.45. The van der Waals surface area contributed by atoms with Crippen molar-refractivity contribution in [3.8, 4) is 11.5 Å². The fraction of sp³-hybridized carbons (Fsp3) is 0.190. The van der Waals surface area contributed by atoms with E-state index in [0.717, 1.165) is 4.47 Å². The second kappa shape index (κ2) is 8.79. The number of hydrogen-bond acceptors (Lipinski definition) is 9. The van der Waals surface area contributed by atoms with E-state index < -0.39 is 17.8 Å². The molecule has 0 amide bonds. The number of fused-ring (bicyclic) bond motifs is 1. The van der Waals surface area contributed by atoms with E-state index in [2.05, 4.69) is 36.8 Å². The Balaban J connectivity index is 1.94. The molecule has 1 aromatic heterocycles. The van der Waals surface area contributed by atoms with Crippen molar-refractivity contribution < 1.29 is 23.8 Å². The van der Waals surface area contributed by atoms with E-state index in [9.17, 15) is 9.59 Å². The van der Waals surface area contributed by atoms with Crippen LogP contribution >= 0.6 is 15.9 Å². The maximum atomic E-state index is 13.8. The first-order valence-electron chi connectivity index (χ1n) is 9.38. The van der Waals surface area contributed by atoms with Crippen molar-refractivity contribution in [3.63, 3.8) is 0 Å². The van der Waals surface area contributed by atoms with Crippen LogP contribution in [0.25, 0.3) is 0 Å². The number of benzene rings is 2. The van der Waals surface area contributed by atoms with E-state index in [4.69, 9.17) is 14.2 Å². The molecule has 2 heterocycles. The molecule has 0 spiro atoms. The summed E-state index contributed by atoms with van der Waals surface area (Å²) in [5.74, 6) is -0.0870. The highest BCUT2D eigenvalue weighted by Crippen LogP contribution is 2.38. The number of aromatic nitrogens is 4. The molecule has 0 aliphatic carbocycles. The number of esters is 1. The standard InChI is InChI=1S/C21H18BrN5O5/c1-30-14-8-7-12(10-15(14)31-2)19(28)16-17(20(29)32-3)23-21-24-25-26-27(21)18(16)11-5-4-6-13(22)9-11/h4-10,18H,1-3H3,(H,23,24,26)/t18-/m0/s1. The van der Waals surface area contributed by atoms with Gasteiger partial charge in [-0.2, -0.15) is 4.68 Å². The van der Waals surface area contributed by atoms with Gasteiger partial charge >= 0.3 is 5.97 Å². The first-order valence-corrected chi connectivity index (χ1v) is 10.2. The van der Waals surface area contributed by atoms with Gasteiger partial charge in [-0.05, 0) is 46.3 Å². The fourth-order valence-electron chi connectivity index (χ4n) is 3.51. The highest BCUT2D eigenvalue weighted by Gasteiger charge is 2.38. The lowest BCUT2D eigenvalue weighted by molar-refractivity contribution is -0.136. The van der Waals surface area contributed by atoms with Gasteiger partial charge in [-0.3, -0.25) is 4.79 Å². The minimum absolute atomic E-state index is 0.0421. The summed E-state index contributed by atoms with van der Waals surface area (Å²) in [5.41, 5.74) is 1.07. The number of carbonyl (C=O) groups is 2. The summed E-state index contributed by atoms with van der Waals surface area (Å²) < 4.78 is 17.8. The number of nitrogens with zero attached hydrogens (tertiary/aromatic N) is 4. The Morgan fingerprint density at radius 2 is 1.84 bits per heavy atom. The molecule has 0 unspecified atom stereocenters. The van der Waals surface area contributed by atoms with Crippen LogP contribution in [-0.4, -0.2) is 53.3 Å². The van der Waals surface area contributed by atoms with Gasteiger partial charge in [-0.25, -0.2) is 4.79 Å². The Hall–Kier alpha value is -3.73. The van der Waals surface area contributed by atoms with Crippen molar-refractivity contribution >= 4 is 33.6 Å². The first-order chi connectivity index (χ1) is 15.5. The molecule has 0 bridgehead atoms. The van der Waals surface area contributed by atoms with Crippen LogP contribution in [0.4, 0.5) is 5.95 Å². The van der Waals surface area contributed by atoms with Crippen molar-refractivity contribution in [1.29, 1.82) is 0 Å². The molecular formula is C21H18BrN5O5. The number of ketones is 1. The van der Waals surface area contributed by atoms with Crippen LogP contribution in [0.1, 0.15) is 22.0 Å². The van der Waals surface area contributed by atoms with Gasteiger partial charge in [-0.15, -0.1) is 0 Å². The summed E-state index contributed by atoms with van der Waals surface area (Å²) in [6, 6.07) is 11.3. The number of tetrazole rings is 1. The number of hydrogen-bond donors (Lipinski definition) is 1. The van der Waals surface area contributed by atoms with Gasteiger partial charge in [0.25, 0.3) is 0 Å². The van der Waals surface area contributed by atoms with Crippen molar-refractivity contribution in [2.75, 3.05) is 26.6 Å². The third-order valence-corrected chi connectivity index (χ3v) is 5.45. The smallest absolute Gasteiger partial charge is 0.355 e. The molecule has 1 aliphatic heterocycles. The molecule has 32 heavy (non-hydrogen) atoms. The molecule has 1 N–H and O–H groups in total. The van der Waals surface area contributed by atoms with Crippen LogP contribution in [0.15, 0.2) is 58.2 Å². The Labute approximate surface area is 191 Å². The molecule has 0 fully saturated rings. The number of rotatable bonds is 6. The molecule has 10 nitrogen and oxygen atoms in total. The number of carbonyl (C=O) groups excluding carboxylic acids is 2. The van der Waals surface area contributed by atoms with Crippen molar-refractivity contribution in [2.45, 2.75) is 6.04 Å². The average Bonchev–Trinajstić information content (AvgIpc) is 3.29. The van der Waals surface area contributed by atoms with E-state index in [1.54, 1.807) is 18.2 Å². The Kier molecular flexibility index (Phi) is 5.91. The summed E-state index contributed by atoms with van der Waals surface area (Å²) in [6.07, 6.45) is 0. The summed E-state index contributed by atoms with van der Waals surface area (Å²) in [4.78, 5) is 26.5. The monoisotopic (exact) mass is 499 g/mol. The Morgan fingerprint density at radius 1 is 1.06 bits per heavy atom. The SMILES string of the molecule is COC(=O)C1=C(C(=O)c2ccc(OC)c(OC)c2)[C@H](c2cccc(Br)c2)n2nnnc2N1. The van der Waals surface area contributed by atoms with Gasteiger partial charge in [0.2, 0.25) is 5.95 Å². The maximum Gasteiger partial charge on any atom is 0.355 e. The van der Waals surface area contributed by atoms with Gasteiger partial charge in [0.15, 0.2) is 17.3 Å². The normalized spacial score (nSPS) is 14.9. The second-order valence-electron chi connectivity index (χ2n) is 6.71. The molecule has 2 aromatic carbocycles. The zero-order valence-electron chi connectivity index (χ0n) is 17.3. The lowest BCUT2D eigenvalue weighted by Gasteiger charge is -2.28. The molecule has 1 atom stereocenters. The number of ether oxygens (including phenoxy) is 3. The third-order valence-electron chi connectivity index (χ3n) is 4.96. The lowest BCUT2D eigenvalue weighted by atomic mass is 9.89. The highest BCUT2D eigenvalue weighted by atomic mass is 79.9. The highest BCUT2D eigenvalue weighted by molar-refractivity contribution is 9.10. The lowest BCUT2D eigenvalue weighted by Crippen LogP contribution is -2.33. The molecule has 1 aliphatic rings. The van der Waals surface area contributed by atoms with E-state index >= 15 is 0 Å². The number of methoxy groups -OCH3 is 3. The molecule has 164 valence electrons. The third kappa shape index (κ3) is 3.71. The van der Waals surface area contributed by atoms with E-state index in [1.807, 2.05) is 24.3 Å². The average molecular weight is 500 g/mol. The zero-order chi connectivity index (χ0) is 22.8. The Bertz CT molecular complexity index is 1240. The molecule has 3 aromatic rings.